The number of aliphatic hydroxyl groups is 3. The van der Waals surface area contributed by atoms with E-state index >= 15 is 0 Å². The summed E-state index contributed by atoms with van der Waals surface area (Å²) in [5, 5.41) is 45.2. The lowest BCUT2D eigenvalue weighted by molar-refractivity contribution is -0.385. The molecule has 3 heterocycles. The average molecular weight is 521 g/mol. The van der Waals surface area contributed by atoms with Crippen LogP contribution in [-0.4, -0.2) is 80.3 Å². The minimum absolute atomic E-state index is 0.00746. The van der Waals surface area contributed by atoms with Gasteiger partial charge in [0.25, 0.3) is 5.69 Å². The van der Waals surface area contributed by atoms with Crippen LogP contribution in [0.3, 0.4) is 0 Å². The number of carbonyl (C=O) groups excluding carboxylic acids is 2. The summed E-state index contributed by atoms with van der Waals surface area (Å²) in [5.41, 5.74) is -2.33. The van der Waals surface area contributed by atoms with Gasteiger partial charge in [0.05, 0.1) is 23.2 Å². The number of benzene rings is 1. The summed E-state index contributed by atoms with van der Waals surface area (Å²) in [5.74, 6) is -5.64. The van der Waals surface area contributed by atoms with E-state index in [9.17, 15) is 35.0 Å². The third-order valence-electron chi connectivity index (χ3n) is 8.32. The number of hydrogen-bond acceptors (Lipinski definition) is 9. The van der Waals surface area contributed by atoms with E-state index in [1.54, 1.807) is 6.92 Å². The number of para-hydroxylation sites is 1. The largest absolute Gasteiger partial charge is 0.390 e. The van der Waals surface area contributed by atoms with E-state index in [-0.39, 0.29) is 11.3 Å². The number of ketones is 1. The zero-order chi connectivity index (χ0) is 27.0. The molecule has 3 aliphatic heterocycles. The van der Waals surface area contributed by atoms with Gasteiger partial charge < -0.3 is 29.7 Å². The fourth-order valence-corrected chi connectivity index (χ4v) is 6.11. The maximum atomic E-state index is 13.6. The number of hydrogen-bond donors (Lipinski definition) is 3. The second kappa shape index (κ2) is 10.7. The van der Waals surface area contributed by atoms with Gasteiger partial charge in [-0.25, -0.2) is 0 Å². The van der Waals surface area contributed by atoms with Gasteiger partial charge in [0, 0.05) is 37.2 Å². The van der Waals surface area contributed by atoms with Gasteiger partial charge in [-0.2, -0.15) is 0 Å². The fourth-order valence-electron chi connectivity index (χ4n) is 6.11. The van der Waals surface area contributed by atoms with Gasteiger partial charge >= 0.3 is 0 Å². The molecule has 0 aromatic heterocycles. The Labute approximate surface area is 215 Å². The molecule has 3 fully saturated rings. The number of carbonyl (C=O) groups is 2. The Morgan fingerprint density at radius 3 is 2.43 bits per heavy atom. The first-order chi connectivity index (χ1) is 17.5. The van der Waals surface area contributed by atoms with E-state index < -0.39 is 64.6 Å². The minimum atomic E-state index is -3.15. The lowest BCUT2D eigenvalue weighted by atomic mass is 9.59. The fraction of sp³-hybridized carbons (Fsp3) is 0.692. The van der Waals surface area contributed by atoms with Crippen molar-refractivity contribution in [1.29, 1.82) is 0 Å². The Morgan fingerprint density at radius 2 is 1.84 bits per heavy atom. The molecule has 1 aromatic carbocycles. The van der Waals surface area contributed by atoms with E-state index in [0.29, 0.717) is 26.1 Å². The molecule has 4 rings (SSSR count). The van der Waals surface area contributed by atoms with Crippen molar-refractivity contribution in [2.45, 2.75) is 89.1 Å². The molecule has 0 aliphatic carbocycles. The molecule has 0 radical (unpaired) electrons. The van der Waals surface area contributed by atoms with Gasteiger partial charge in [-0.15, -0.1) is 0 Å². The Kier molecular flexibility index (Phi) is 8.01. The summed E-state index contributed by atoms with van der Waals surface area (Å²) >= 11 is 0. The Bertz CT molecular complexity index is 1020. The third-order valence-corrected chi connectivity index (χ3v) is 8.32. The zero-order valence-electron chi connectivity index (χ0n) is 21.2. The Hall–Kier alpha value is -2.44. The summed E-state index contributed by atoms with van der Waals surface area (Å²) in [6.07, 6.45) is 1.84. The van der Waals surface area contributed by atoms with E-state index in [1.807, 2.05) is 0 Å². The van der Waals surface area contributed by atoms with Crippen molar-refractivity contribution in [3.05, 3.63) is 39.9 Å². The van der Waals surface area contributed by atoms with Crippen LogP contribution in [0.5, 0.6) is 0 Å². The molecular formula is C26H36N2O9. The van der Waals surface area contributed by atoms with Crippen LogP contribution in [0.15, 0.2) is 24.3 Å². The molecule has 1 amide bonds. The molecule has 0 spiro atoms. The Morgan fingerprint density at radius 1 is 1.19 bits per heavy atom. The number of amides is 1. The topological polar surface area (TPSA) is 160 Å². The van der Waals surface area contributed by atoms with Crippen molar-refractivity contribution in [2.75, 3.05) is 13.2 Å². The predicted molar refractivity (Wildman–Crippen MR) is 130 cm³/mol. The van der Waals surface area contributed by atoms with Crippen molar-refractivity contribution in [3.8, 4) is 0 Å². The SMILES string of the molecule is CC(C(O)C1CCCCO1)C1N(C2CCCCO2)C(=O)C1(C)C(O)(O)C(=O)Cc1ccccc1[N+](=O)[O-]. The summed E-state index contributed by atoms with van der Waals surface area (Å²) in [4.78, 5) is 39.1. The average Bonchev–Trinajstić information content (AvgIpc) is 2.91. The number of Topliss-reactive ketones (excluding diaryl/α,β-unsaturated/α-hetero) is 1. The molecule has 3 N–H and O–H groups in total. The highest BCUT2D eigenvalue weighted by Crippen LogP contribution is 2.53. The lowest BCUT2D eigenvalue weighted by Crippen LogP contribution is -2.81. The van der Waals surface area contributed by atoms with Crippen LogP contribution in [0.1, 0.15) is 57.9 Å². The molecule has 6 unspecified atom stereocenters. The number of aliphatic hydroxyl groups excluding tert-OH is 1. The lowest BCUT2D eigenvalue weighted by Gasteiger charge is -2.62. The molecule has 0 saturated carbocycles. The third kappa shape index (κ3) is 4.79. The monoisotopic (exact) mass is 520 g/mol. The predicted octanol–water partition coefficient (Wildman–Crippen LogP) is 1.70. The first-order valence-corrected chi connectivity index (χ1v) is 13.0. The van der Waals surface area contributed by atoms with E-state index in [4.69, 9.17) is 9.47 Å². The van der Waals surface area contributed by atoms with Crippen molar-refractivity contribution >= 4 is 17.4 Å². The summed E-state index contributed by atoms with van der Waals surface area (Å²) in [7, 11) is 0. The molecular weight excluding hydrogens is 484 g/mol. The van der Waals surface area contributed by atoms with Crippen molar-refractivity contribution < 1.29 is 39.3 Å². The van der Waals surface area contributed by atoms with Crippen LogP contribution in [-0.2, 0) is 25.5 Å². The van der Waals surface area contributed by atoms with Gasteiger partial charge in [0.2, 0.25) is 11.7 Å². The molecule has 11 heteroatoms. The molecule has 11 nitrogen and oxygen atoms in total. The highest BCUT2D eigenvalue weighted by atomic mass is 16.6. The van der Waals surface area contributed by atoms with Crippen LogP contribution in [0.25, 0.3) is 0 Å². The highest BCUT2D eigenvalue weighted by molar-refractivity contribution is 6.00. The molecule has 37 heavy (non-hydrogen) atoms. The van der Waals surface area contributed by atoms with Gasteiger partial charge in [-0.05, 0) is 45.4 Å². The number of likely N-dealkylation sites (tertiary alicyclic amines) is 1. The number of ether oxygens (including phenoxy) is 2. The van der Waals surface area contributed by atoms with Gasteiger partial charge in [0.15, 0.2) is 5.78 Å². The quantitative estimate of drug-likeness (QED) is 0.191. The smallest absolute Gasteiger partial charge is 0.273 e. The summed E-state index contributed by atoms with van der Waals surface area (Å²) < 4.78 is 11.6. The highest BCUT2D eigenvalue weighted by Gasteiger charge is 2.73. The van der Waals surface area contributed by atoms with Crippen LogP contribution in [0.4, 0.5) is 5.69 Å². The van der Waals surface area contributed by atoms with Crippen molar-refractivity contribution in [2.24, 2.45) is 11.3 Å². The molecule has 3 saturated heterocycles. The second-order valence-electron chi connectivity index (χ2n) is 10.6. The number of rotatable bonds is 9. The van der Waals surface area contributed by atoms with Crippen LogP contribution in [0.2, 0.25) is 0 Å². The minimum Gasteiger partial charge on any atom is -0.390 e. The maximum absolute atomic E-state index is 13.6. The van der Waals surface area contributed by atoms with Gasteiger partial charge in [0.1, 0.15) is 11.6 Å². The van der Waals surface area contributed by atoms with Crippen LogP contribution < -0.4 is 0 Å². The summed E-state index contributed by atoms with van der Waals surface area (Å²) in [6, 6.07) is 4.60. The van der Waals surface area contributed by atoms with Crippen LogP contribution >= 0.6 is 0 Å². The molecule has 1 aromatic rings. The van der Waals surface area contributed by atoms with Gasteiger partial charge in [-0.3, -0.25) is 19.7 Å². The normalized spacial score (nSPS) is 30.4. The van der Waals surface area contributed by atoms with Crippen molar-refractivity contribution in [1.82, 2.24) is 4.90 Å². The number of nitrogens with zero attached hydrogens (tertiary/aromatic N) is 2. The van der Waals surface area contributed by atoms with E-state index in [2.05, 4.69) is 0 Å². The number of nitro groups is 1. The van der Waals surface area contributed by atoms with Crippen LogP contribution in [0, 0.1) is 21.4 Å². The molecule has 6 atom stereocenters. The second-order valence-corrected chi connectivity index (χ2v) is 10.6. The summed E-state index contributed by atoms with van der Waals surface area (Å²) in [6.45, 7) is 3.96. The van der Waals surface area contributed by atoms with Gasteiger partial charge in [-0.1, -0.05) is 25.1 Å². The molecule has 204 valence electrons. The zero-order valence-corrected chi connectivity index (χ0v) is 21.2. The molecule has 0 bridgehead atoms. The first kappa shape index (κ1) is 27.6. The first-order valence-electron chi connectivity index (χ1n) is 13.0. The Balaban J connectivity index is 1.65. The standard InChI is InChI=1S/C26H36N2O9/c1-16(22(30)19-11-5-7-13-36-19)23-25(2,24(31)27(23)21-12-6-8-14-37-21)26(32,33)20(29)15-17-9-3-4-10-18(17)28(34)35/h3-4,9-10,16,19,21-23,30,32-33H,5-8,11-15H2,1-2H3. The molecule has 3 aliphatic rings. The number of nitro benzene ring substituents is 1. The maximum Gasteiger partial charge on any atom is 0.273 e. The van der Waals surface area contributed by atoms with E-state index in [1.165, 1.54) is 36.1 Å². The number of β-lactam (4-membered cyclic amide) rings is 1. The van der Waals surface area contributed by atoms with E-state index in [0.717, 1.165) is 25.7 Å². The van der Waals surface area contributed by atoms with Crippen molar-refractivity contribution in [3.63, 3.8) is 0 Å².